The van der Waals surface area contributed by atoms with Crippen molar-refractivity contribution in [3.8, 4) is 0 Å². The number of benzene rings is 3. The second-order valence-corrected chi connectivity index (χ2v) is 9.41. The predicted octanol–water partition coefficient (Wildman–Crippen LogP) is 1.85. The number of sulfonamides is 1. The van der Waals surface area contributed by atoms with Crippen molar-refractivity contribution >= 4 is 52.2 Å². The van der Waals surface area contributed by atoms with Crippen molar-refractivity contribution < 1.29 is 12.2 Å². The fourth-order valence-electron chi connectivity index (χ4n) is 2.73. The Balaban J connectivity index is 2.07. The molecule has 0 bridgehead atoms. The Labute approximate surface area is 153 Å². The molecule has 0 spiro atoms. The van der Waals surface area contributed by atoms with Crippen LogP contribution < -0.4 is 14.0 Å². The Morgan fingerprint density at radius 3 is 2.16 bits per heavy atom. The summed E-state index contributed by atoms with van der Waals surface area (Å²) in [5.74, 6) is 0. The van der Waals surface area contributed by atoms with Crippen molar-refractivity contribution in [2.24, 2.45) is 0 Å². The van der Waals surface area contributed by atoms with Gasteiger partial charge in [0.15, 0.2) is 0 Å². The van der Waals surface area contributed by atoms with E-state index in [1.807, 2.05) is 43.3 Å². The molecule has 0 aliphatic rings. The van der Waals surface area contributed by atoms with Gasteiger partial charge in [0.1, 0.15) is 0 Å². The van der Waals surface area contributed by atoms with Crippen LogP contribution in [0, 0.1) is 0 Å². The Morgan fingerprint density at radius 1 is 0.880 bits per heavy atom. The number of hydrogen-bond acceptors (Lipinski definition) is 4. The van der Waals surface area contributed by atoms with Gasteiger partial charge in [-0.05, 0) is 0 Å². The molecule has 0 radical (unpaired) electrons. The average molecular weight is 418 g/mol. The zero-order valence-electron chi connectivity index (χ0n) is 13.9. The van der Waals surface area contributed by atoms with Gasteiger partial charge in [0.05, 0.1) is 0 Å². The van der Waals surface area contributed by atoms with E-state index in [-0.39, 0.29) is 4.90 Å². The Morgan fingerprint density at radius 2 is 1.52 bits per heavy atom. The summed E-state index contributed by atoms with van der Waals surface area (Å²) in [7, 11) is 0.116. The zero-order valence-corrected chi connectivity index (χ0v) is 17.2. The third kappa shape index (κ3) is 3.60. The maximum absolute atomic E-state index is 12.9. The SMILES string of the molecule is CN(C)c1cccc2c(S(=O)(=O)Nc3ccc([AsH2]=O)cc3)cccc12. The second-order valence-electron chi connectivity index (χ2n) is 5.87. The fraction of sp³-hybridized carbons (Fsp3) is 0.111. The first-order valence-corrected chi connectivity index (χ1v) is 11.4. The molecule has 0 heterocycles. The predicted molar refractivity (Wildman–Crippen MR) is 104 cm³/mol. The normalized spacial score (nSPS) is 11.9. The summed E-state index contributed by atoms with van der Waals surface area (Å²) in [5.41, 5.74) is 1.41. The molecule has 0 aliphatic carbocycles. The van der Waals surface area contributed by atoms with Crippen molar-refractivity contribution in [2.75, 3.05) is 23.7 Å². The number of fused-ring (bicyclic) bond motifs is 1. The van der Waals surface area contributed by atoms with Crippen LogP contribution in [0.1, 0.15) is 0 Å². The molecule has 0 aromatic heterocycles. The van der Waals surface area contributed by atoms with Gasteiger partial charge < -0.3 is 0 Å². The summed E-state index contributed by atoms with van der Waals surface area (Å²) in [4.78, 5) is 2.19. The Hall–Kier alpha value is -2.17. The molecule has 0 saturated carbocycles. The molecule has 5 nitrogen and oxygen atoms in total. The van der Waals surface area contributed by atoms with Crippen LogP contribution in [0.2, 0.25) is 0 Å². The van der Waals surface area contributed by atoms with E-state index >= 15 is 0 Å². The van der Waals surface area contributed by atoms with E-state index in [9.17, 15) is 12.2 Å². The first-order valence-electron chi connectivity index (χ1n) is 7.69. The van der Waals surface area contributed by atoms with E-state index in [1.165, 1.54) is 0 Å². The summed E-state index contributed by atoms with van der Waals surface area (Å²) >= 11 is -1.63. The molecule has 0 fully saturated rings. The summed E-state index contributed by atoms with van der Waals surface area (Å²) in [6.45, 7) is 0. The van der Waals surface area contributed by atoms with Gasteiger partial charge in [-0.15, -0.1) is 0 Å². The molecule has 1 N–H and O–H groups in total. The van der Waals surface area contributed by atoms with Gasteiger partial charge in [0.2, 0.25) is 0 Å². The molecule has 3 aromatic rings. The van der Waals surface area contributed by atoms with E-state index in [1.54, 1.807) is 36.4 Å². The van der Waals surface area contributed by atoms with Crippen molar-refractivity contribution in [1.29, 1.82) is 0 Å². The number of rotatable bonds is 5. The van der Waals surface area contributed by atoms with Crippen LogP contribution in [0.15, 0.2) is 65.6 Å². The second kappa shape index (κ2) is 6.98. The topological polar surface area (TPSA) is 66.5 Å². The zero-order chi connectivity index (χ0) is 18.0. The minimum absolute atomic E-state index is 0.233. The van der Waals surface area contributed by atoms with Gasteiger partial charge in [-0.25, -0.2) is 0 Å². The quantitative estimate of drug-likeness (QED) is 0.643. The van der Waals surface area contributed by atoms with Crippen LogP contribution in [0.5, 0.6) is 0 Å². The molecule has 0 aliphatic heterocycles. The molecule has 130 valence electrons. The molecule has 7 heteroatoms. The molecular formula is C18H19AsN2O3S. The Kier molecular flexibility index (Phi) is 4.93. The van der Waals surface area contributed by atoms with Crippen molar-refractivity contribution in [2.45, 2.75) is 4.90 Å². The Bertz CT molecular complexity index is 1030. The molecule has 0 saturated heterocycles. The first kappa shape index (κ1) is 17.6. The monoisotopic (exact) mass is 418 g/mol. The third-order valence-corrected chi connectivity index (χ3v) is 6.75. The summed E-state index contributed by atoms with van der Waals surface area (Å²) in [6.07, 6.45) is 0. The van der Waals surface area contributed by atoms with Crippen LogP contribution in [-0.4, -0.2) is 38.2 Å². The van der Waals surface area contributed by atoms with E-state index in [4.69, 9.17) is 0 Å². The molecule has 1 unspecified atom stereocenters. The van der Waals surface area contributed by atoms with E-state index in [0.717, 1.165) is 15.4 Å². The molecule has 3 aromatic carbocycles. The van der Waals surface area contributed by atoms with Crippen molar-refractivity contribution in [3.05, 3.63) is 60.7 Å². The summed E-state index contributed by atoms with van der Waals surface area (Å²) in [6, 6.07) is 17.5. The van der Waals surface area contributed by atoms with Gasteiger partial charge in [-0.2, -0.15) is 0 Å². The third-order valence-electron chi connectivity index (χ3n) is 3.93. The van der Waals surface area contributed by atoms with Gasteiger partial charge in [0.25, 0.3) is 0 Å². The van der Waals surface area contributed by atoms with Crippen LogP contribution in [-0.2, 0) is 13.8 Å². The van der Waals surface area contributed by atoms with Gasteiger partial charge in [-0.3, -0.25) is 0 Å². The summed E-state index contributed by atoms with van der Waals surface area (Å²) < 4.78 is 40.1. The molecule has 1 atom stereocenters. The average Bonchev–Trinajstić information content (AvgIpc) is 2.60. The van der Waals surface area contributed by atoms with E-state index in [0.29, 0.717) is 11.1 Å². The molecule has 0 amide bonds. The number of anilines is 2. The van der Waals surface area contributed by atoms with Gasteiger partial charge in [0, 0.05) is 0 Å². The minimum atomic E-state index is -3.74. The maximum atomic E-state index is 12.9. The van der Waals surface area contributed by atoms with Crippen LogP contribution in [0.3, 0.4) is 0 Å². The van der Waals surface area contributed by atoms with Crippen molar-refractivity contribution in [1.82, 2.24) is 0 Å². The first-order chi connectivity index (χ1) is 11.9. The van der Waals surface area contributed by atoms with Gasteiger partial charge in [-0.1, -0.05) is 0 Å². The van der Waals surface area contributed by atoms with Crippen LogP contribution in [0.4, 0.5) is 11.4 Å². The van der Waals surface area contributed by atoms with Crippen LogP contribution >= 0.6 is 0 Å². The van der Waals surface area contributed by atoms with Crippen molar-refractivity contribution in [3.63, 3.8) is 0 Å². The fourth-order valence-corrected chi connectivity index (χ4v) is 4.74. The van der Waals surface area contributed by atoms with Crippen LogP contribution in [0.25, 0.3) is 10.8 Å². The van der Waals surface area contributed by atoms with E-state index in [2.05, 4.69) is 4.72 Å². The summed E-state index contributed by atoms with van der Waals surface area (Å²) in [5, 5.41) is 1.55. The standard InChI is InChI=1S/C18H19AsN2O3S/c1-21(2)17-7-3-6-16-15(17)5-4-8-18(16)25(23,24)20-14-11-9-13(19-22)10-12-14/h3-12,20H,19H2,1-2H3. The number of hydrogen-bond donors (Lipinski definition) is 1. The number of nitrogens with one attached hydrogen (secondary N) is 1. The molecule has 25 heavy (non-hydrogen) atoms. The van der Waals surface area contributed by atoms with Gasteiger partial charge >= 0.3 is 154 Å². The molecule has 3 rings (SSSR count). The van der Waals surface area contributed by atoms with E-state index < -0.39 is 25.7 Å². The molecular weight excluding hydrogens is 399 g/mol. The number of nitrogens with zero attached hydrogens (tertiary/aromatic N) is 1.